The SMILES string of the molecule is CCc1cccc(C)c1NC(=O)[C@H](CC)N(c1cccc([N+](=O)[O-])c1)S(C)(=O)=O. The summed E-state index contributed by atoms with van der Waals surface area (Å²) in [5.74, 6) is -0.492. The molecule has 2 aromatic carbocycles. The number of para-hydroxylation sites is 1. The molecule has 0 radical (unpaired) electrons. The molecular weight excluding hydrogens is 394 g/mol. The first kappa shape index (κ1) is 22.4. The van der Waals surface area contributed by atoms with Crippen molar-refractivity contribution in [1.29, 1.82) is 0 Å². The first-order valence-corrected chi connectivity index (χ1v) is 11.1. The second kappa shape index (κ2) is 9.04. The van der Waals surface area contributed by atoms with Gasteiger partial charge in [0.1, 0.15) is 6.04 Å². The van der Waals surface area contributed by atoms with Crippen molar-refractivity contribution in [3.63, 3.8) is 0 Å². The molecule has 9 heteroatoms. The number of non-ortho nitro benzene ring substituents is 1. The fourth-order valence-corrected chi connectivity index (χ4v) is 4.42. The van der Waals surface area contributed by atoms with E-state index in [0.29, 0.717) is 12.1 Å². The molecule has 1 N–H and O–H groups in total. The fraction of sp³-hybridized carbons (Fsp3) is 0.350. The van der Waals surface area contributed by atoms with E-state index in [0.717, 1.165) is 27.8 Å². The van der Waals surface area contributed by atoms with Crippen LogP contribution in [0.25, 0.3) is 0 Å². The van der Waals surface area contributed by atoms with E-state index in [2.05, 4.69) is 5.32 Å². The molecule has 0 bridgehead atoms. The molecule has 0 saturated heterocycles. The Morgan fingerprint density at radius 2 is 1.86 bits per heavy atom. The predicted molar refractivity (Wildman–Crippen MR) is 114 cm³/mol. The van der Waals surface area contributed by atoms with Gasteiger partial charge in [0.05, 0.1) is 16.9 Å². The van der Waals surface area contributed by atoms with Gasteiger partial charge in [0, 0.05) is 17.8 Å². The largest absolute Gasteiger partial charge is 0.324 e. The second-order valence-electron chi connectivity index (χ2n) is 6.71. The minimum atomic E-state index is -3.88. The van der Waals surface area contributed by atoms with Gasteiger partial charge in [-0.15, -0.1) is 0 Å². The summed E-state index contributed by atoms with van der Waals surface area (Å²) in [4.78, 5) is 23.6. The maximum atomic E-state index is 13.1. The Bertz CT molecular complexity index is 1020. The molecule has 29 heavy (non-hydrogen) atoms. The molecule has 2 aromatic rings. The third-order valence-corrected chi connectivity index (χ3v) is 5.79. The lowest BCUT2D eigenvalue weighted by Crippen LogP contribution is -2.47. The molecule has 0 unspecified atom stereocenters. The number of hydrogen-bond acceptors (Lipinski definition) is 5. The summed E-state index contributed by atoms with van der Waals surface area (Å²) >= 11 is 0. The highest BCUT2D eigenvalue weighted by atomic mass is 32.2. The predicted octanol–water partition coefficient (Wildman–Crippen LogP) is 3.65. The standard InChI is InChI=1S/C20H25N3O5S/c1-5-15-10-7-9-14(3)19(15)21-20(24)18(6-2)22(29(4,27)28)16-11-8-12-17(13-16)23(25)26/h7-13,18H,5-6H2,1-4H3,(H,21,24)/t18-/m0/s1. The number of nitrogens with one attached hydrogen (secondary N) is 1. The topological polar surface area (TPSA) is 110 Å². The van der Waals surface area contributed by atoms with Gasteiger partial charge in [-0.05, 0) is 37.0 Å². The van der Waals surface area contributed by atoms with Crippen molar-refractivity contribution in [2.24, 2.45) is 0 Å². The number of amides is 1. The summed E-state index contributed by atoms with van der Waals surface area (Å²) in [7, 11) is -3.88. The highest BCUT2D eigenvalue weighted by Gasteiger charge is 2.32. The lowest BCUT2D eigenvalue weighted by molar-refractivity contribution is -0.384. The van der Waals surface area contributed by atoms with Crippen LogP contribution in [-0.2, 0) is 21.2 Å². The van der Waals surface area contributed by atoms with Crippen LogP contribution in [0.1, 0.15) is 31.4 Å². The summed E-state index contributed by atoms with van der Waals surface area (Å²) in [5.41, 5.74) is 2.29. The van der Waals surface area contributed by atoms with Crippen LogP contribution in [-0.4, -0.2) is 31.5 Å². The Morgan fingerprint density at radius 3 is 2.41 bits per heavy atom. The highest BCUT2D eigenvalue weighted by Crippen LogP contribution is 2.28. The summed E-state index contributed by atoms with van der Waals surface area (Å²) in [6.07, 6.45) is 1.87. The number of carbonyl (C=O) groups excluding carboxylic acids is 1. The zero-order chi connectivity index (χ0) is 21.8. The normalized spacial score (nSPS) is 12.3. The molecule has 1 amide bonds. The van der Waals surface area contributed by atoms with E-state index in [1.807, 2.05) is 32.0 Å². The highest BCUT2D eigenvalue weighted by molar-refractivity contribution is 7.92. The molecule has 8 nitrogen and oxygen atoms in total. The lowest BCUT2D eigenvalue weighted by atomic mass is 10.0. The number of anilines is 2. The van der Waals surface area contributed by atoms with E-state index >= 15 is 0 Å². The van der Waals surface area contributed by atoms with Crippen molar-refractivity contribution in [2.75, 3.05) is 15.9 Å². The third kappa shape index (κ3) is 5.11. The Labute approximate surface area is 170 Å². The van der Waals surface area contributed by atoms with Gasteiger partial charge in [0.15, 0.2) is 0 Å². The van der Waals surface area contributed by atoms with E-state index in [1.54, 1.807) is 6.92 Å². The molecule has 2 rings (SSSR count). The number of carbonyl (C=O) groups is 1. The molecule has 0 aromatic heterocycles. The maximum Gasteiger partial charge on any atom is 0.271 e. The fourth-order valence-electron chi connectivity index (χ4n) is 3.21. The zero-order valence-electron chi connectivity index (χ0n) is 16.9. The molecule has 0 saturated carbocycles. The van der Waals surface area contributed by atoms with Crippen molar-refractivity contribution in [2.45, 2.75) is 39.7 Å². The van der Waals surface area contributed by atoms with E-state index in [-0.39, 0.29) is 17.8 Å². The summed E-state index contributed by atoms with van der Waals surface area (Å²) in [6.45, 7) is 5.52. The smallest absolute Gasteiger partial charge is 0.271 e. The average molecular weight is 420 g/mol. The van der Waals surface area contributed by atoms with Gasteiger partial charge in [0.25, 0.3) is 5.69 Å². The molecule has 0 heterocycles. The van der Waals surface area contributed by atoms with Crippen LogP contribution in [0.2, 0.25) is 0 Å². The van der Waals surface area contributed by atoms with Crippen LogP contribution in [0.15, 0.2) is 42.5 Å². The first-order chi connectivity index (χ1) is 13.6. The molecule has 0 aliphatic carbocycles. The first-order valence-electron chi connectivity index (χ1n) is 9.23. The van der Waals surface area contributed by atoms with Crippen LogP contribution in [0.3, 0.4) is 0 Å². The summed E-state index contributed by atoms with van der Waals surface area (Å²) in [6, 6.07) is 9.86. The van der Waals surface area contributed by atoms with Gasteiger partial charge < -0.3 is 5.32 Å². The summed E-state index contributed by atoms with van der Waals surface area (Å²) < 4.78 is 26.0. The van der Waals surface area contributed by atoms with Gasteiger partial charge in [-0.25, -0.2) is 8.42 Å². The minimum absolute atomic E-state index is 0.0733. The van der Waals surface area contributed by atoms with Crippen molar-refractivity contribution >= 4 is 33.0 Å². The van der Waals surface area contributed by atoms with Crippen molar-refractivity contribution in [3.05, 3.63) is 63.7 Å². The maximum absolute atomic E-state index is 13.1. The van der Waals surface area contributed by atoms with E-state index < -0.39 is 26.9 Å². The molecule has 0 fully saturated rings. The Morgan fingerprint density at radius 1 is 1.21 bits per heavy atom. The number of nitro groups is 1. The molecule has 1 atom stereocenters. The van der Waals surface area contributed by atoms with Crippen LogP contribution in [0.5, 0.6) is 0 Å². The van der Waals surface area contributed by atoms with Crippen LogP contribution >= 0.6 is 0 Å². The number of sulfonamides is 1. The van der Waals surface area contributed by atoms with Crippen molar-refractivity contribution < 1.29 is 18.1 Å². The summed E-state index contributed by atoms with van der Waals surface area (Å²) in [5, 5.41) is 14.0. The Hall–Kier alpha value is -2.94. The van der Waals surface area contributed by atoms with E-state index in [4.69, 9.17) is 0 Å². The van der Waals surface area contributed by atoms with Crippen molar-refractivity contribution in [3.8, 4) is 0 Å². The molecule has 0 aliphatic heterocycles. The number of rotatable bonds is 8. The minimum Gasteiger partial charge on any atom is -0.324 e. The number of benzene rings is 2. The number of nitrogens with zero attached hydrogens (tertiary/aromatic N) is 2. The molecular formula is C20H25N3O5S. The van der Waals surface area contributed by atoms with Gasteiger partial charge in [-0.2, -0.15) is 0 Å². The molecule has 0 aliphatic rings. The van der Waals surface area contributed by atoms with E-state index in [1.165, 1.54) is 18.2 Å². The van der Waals surface area contributed by atoms with Crippen LogP contribution in [0.4, 0.5) is 17.1 Å². The van der Waals surface area contributed by atoms with Gasteiger partial charge in [0.2, 0.25) is 15.9 Å². The zero-order valence-corrected chi connectivity index (χ0v) is 17.7. The molecule has 156 valence electrons. The monoisotopic (exact) mass is 419 g/mol. The lowest BCUT2D eigenvalue weighted by Gasteiger charge is -2.30. The number of nitro benzene ring substituents is 1. The van der Waals surface area contributed by atoms with Gasteiger partial charge in [-0.1, -0.05) is 38.1 Å². The third-order valence-electron chi connectivity index (χ3n) is 4.61. The van der Waals surface area contributed by atoms with E-state index in [9.17, 15) is 23.3 Å². The number of aryl methyl sites for hydroxylation is 2. The quantitative estimate of drug-likeness (QED) is 0.519. The second-order valence-corrected chi connectivity index (χ2v) is 8.57. The van der Waals surface area contributed by atoms with Gasteiger partial charge >= 0.3 is 0 Å². The average Bonchev–Trinajstić information content (AvgIpc) is 2.66. The Balaban J connectivity index is 2.49. The Kier molecular flexibility index (Phi) is 6.97. The molecule has 0 spiro atoms. The van der Waals surface area contributed by atoms with Crippen molar-refractivity contribution in [1.82, 2.24) is 0 Å². The van der Waals surface area contributed by atoms with Gasteiger partial charge in [-0.3, -0.25) is 19.2 Å². The van der Waals surface area contributed by atoms with Crippen LogP contribution < -0.4 is 9.62 Å². The number of hydrogen-bond donors (Lipinski definition) is 1. The van der Waals surface area contributed by atoms with Crippen LogP contribution in [0, 0.1) is 17.0 Å².